The van der Waals surface area contributed by atoms with Gasteiger partial charge in [0.15, 0.2) is 0 Å². The third kappa shape index (κ3) is 3.75. The molecule has 4 nitrogen and oxygen atoms in total. The van der Waals surface area contributed by atoms with E-state index in [1.54, 1.807) is 12.1 Å². The van der Waals surface area contributed by atoms with Gasteiger partial charge in [-0.25, -0.2) is 0 Å². The van der Waals surface area contributed by atoms with Crippen molar-refractivity contribution in [3.8, 4) is 5.75 Å². The van der Waals surface area contributed by atoms with Crippen molar-refractivity contribution in [3.63, 3.8) is 0 Å². The van der Waals surface area contributed by atoms with Crippen LogP contribution in [0.5, 0.6) is 5.75 Å². The lowest BCUT2D eigenvalue weighted by molar-refractivity contribution is -0.117. The van der Waals surface area contributed by atoms with Crippen molar-refractivity contribution in [2.24, 2.45) is 5.92 Å². The Morgan fingerprint density at radius 3 is 2.48 bits per heavy atom. The van der Waals surface area contributed by atoms with Gasteiger partial charge in [-0.1, -0.05) is 12.1 Å². The number of rotatable bonds is 5. The highest BCUT2D eigenvalue weighted by Crippen LogP contribution is 2.30. The highest BCUT2D eigenvalue weighted by atomic mass is 16.3. The molecule has 0 atom stereocenters. The summed E-state index contributed by atoms with van der Waals surface area (Å²) in [6, 6.07) is 14.8. The van der Waals surface area contributed by atoms with Gasteiger partial charge in [0.2, 0.25) is 5.91 Å². The van der Waals surface area contributed by atoms with Gasteiger partial charge in [-0.3, -0.25) is 4.79 Å². The molecule has 21 heavy (non-hydrogen) atoms. The van der Waals surface area contributed by atoms with Crippen LogP contribution in [0.2, 0.25) is 0 Å². The van der Waals surface area contributed by atoms with E-state index < -0.39 is 0 Å². The molecule has 0 aromatic heterocycles. The molecular weight excluding hydrogens is 264 g/mol. The maximum absolute atomic E-state index is 11.7. The van der Waals surface area contributed by atoms with Crippen LogP contribution in [0.3, 0.4) is 0 Å². The number of nitrogens with one attached hydrogen (secondary N) is 2. The number of hydrogen-bond acceptors (Lipinski definition) is 3. The molecule has 1 saturated carbocycles. The van der Waals surface area contributed by atoms with E-state index in [4.69, 9.17) is 0 Å². The lowest BCUT2D eigenvalue weighted by atomic mass is 10.2. The van der Waals surface area contributed by atoms with Gasteiger partial charge in [0.1, 0.15) is 5.75 Å². The first-order valence-electron chi connectivity index (χ1n) is 7.13. The highest BCUT2D eigenvalue weighted by Gasteiger charge is 2.29. The molecular formula is C17H18N2O2. The van der Waals surface area contributed by atoms with Crippen LogP contribution in [0.4, 0.5) is 11.4 Å². The van der Waals surface area contributed by atoms with Crippen molar-refractivity contribution < 1.29 is 9.90 Å². The minimum Gasteiger partial charge on any atom is -0.508 e. The Hall–Kier alpha value is -2.49. The maximum Gasteiger partial charge on any atom is 0.227 e. The molecule has 1 aliphatic rings. The first-order chi connectivity index (χ1) is 10.2. The number of amides is 1. The number of carbonyl (C=O) groups excluding carboxylic acids is 1. The van der Waals surface area contributed by atoms with Gasteiger partial charge in [-0.2, -0.15) is 0 Å². The smallest absolute Gasteiger partial charge is 0.227 e. The number of phenols is 1. The van der Waals surface area contributed by atoms with Gasteiger partial charge >= 0.3 is 0 Å². The summed E-state index contributed by atoms with van der Waals surface area (Å²) >= 11 is 0. The molecule has 0 heterocycles. The third-order valence-corrected chi connectivity index (χ3v) is 3.51. The van der Waals surface area contributed by atoms with Gasteiger partial charge < -0.3 is 15.7 Å². The van der Waals surface area contributed by atoms with E-state index in [2.05, 4.69) is 10.6 Å². The summed E-state index contributed by atoms with van der Waals surface area (Å²) in [5.74, 6) is 0.608. The Morgan fingerprint density at radius 1 is 1.10 bits per heavy atom. The monoisotopic (exact) mass is 282 g/mol. The number of aromatic hydroxyl groups is 1. The van der Waals surface area contributed by atoms with Gasteiger partial charge in [-0.05, 0) is 54.8 Å². The first-order valence-corrected chi connectivity index (χ1v) is 7.13. The molecule has 0 radical (unpaired) electrons. The van der Waals surface area contributed by atoms with Crippen LogP contribution in [0.1, 0.15) is 18.4 Å². The fourth-order valence-electron chi connectivity index (χ4n) is 2.13. The van der Waals surface area contributed by atoms with Crippen LogP contribution in [0.15, 0.2) is 48.5 Å². The number of carbonyl (C=O) groups is 1. The summed E-state index contributed by atoms with van der Waals surface area (Å²) in [7, 11) is 0. The standard InChI is InChI=1S/C17H18N2O2/c20-16-3-1-2-12(10-16)11-18-14-6-8-15(9-7-14)19-17(21)13-4-5-13/h1-3,6-10,13,18,20H,4-5,11H2,(H,19,21). The zero-order valence-electron chi connectivity index (χ0n) is 11.7. The number of phenolic OH excluding ortho intramolecular Hbond substituents is 1. The van der Waals surface area contributed by atoms with E-state index >= 15 is 0 Å². The molecule has 108 valence electrons. The Balaban J connectivity index is 1.55. The van der Waals surface area contributed by atoms with Crippen molar-refractivity contribution in [2.75, 3.05) is 10.6 Å². The first kappa shape index (κ1) is 13.5. The van der Waals surface area contributed by atoms with Crippen LogP contribution in [0, 0.1) is 5.92 Å². The van der Waals surface area contributed by atoms with E-state index in [-0.39, 0.29) is 17.6 Å². The topological polar surface area (TPSA) is 61.4 Å². The molecule has 4 heteroatoms. The summed E-state index contributed by atoms with van der Waals surface area (Å²) in [4.78, 5) is 11.7. The van der Waals surface area contributed by atoms with Gasteiger partial charge in [0.05, 0.1) is 0 Å². The Morgan fingerprint density at radius 2 is 1.81 bits per heavy atom. The van der Waals surface area contributed by atoms with Crippen LogP contribution in [-0.2, 0) is 11.3 Å². The summed E-state index contributed by atoms with van der Waals surface area (Å²) in [5, 5.41) is 15.6. The summed E-state index contributed by atoms with van der Waals surface area (Å²) < 4.78 is 0. The molecule has 3 N–H and O–H groups in total. The number of anilines is 2. The van der Waals surface area contributed by atoms with E-state index in [9.17, 15) is 9.90 Å². The SMILES string of the molecule is O=C(Nc1ccc(NCc2cccc(O)c2)cc1)C1CC1. The fourth-order valence-corrected chi connectivity index (χ4v) is 2.13. The maximum atomic E-state index is 11.7. The summed E-state index contributed by atoms with van der Waals surface area (Å²) in [5.41, 5.74) is 2.82. The Bertz CT molecular complexity index is 633. The predicted molar refractivity (Wildman–Crippen MR) is 83.2 cm³/mol. The molecule has 2 aromatic carbocycles. The van der Waals surface area contributed by atoms with Crippen molar-refractivity contribution in [1.82, 2.24) is 0 Å². The summed E-state index contributed by atoms with van der Waals surface area (Å²) in [6.45, 7) is 0.641. The van der Waals surface area contributed by atoms with Crippen molar-refractivity contribution in [2.45, 2.75) is 19.4 Å². The third-order valence-electron chi connectivity index (χ3n) is 3.51. The second-order valence-corrected chi connectivity index (χ2v) is 5.36. The molecule has 0 bridgehead atoms. The molecule has 1 aliphatic carbocycles. The predicted octanol–water partition coefficient (Wildman–Crippen LogP) is 3.35. The van der Waals surface area contributed by atoms with Gasteiger partial charge in [-0.15, -0.1) is 0 Å². The number of hydrogen-bond donors (Lipinski definition) is 3. The van der Waals surface area contributed by atoms with E-state index in [1.807, 2.05) is 36.4 Å². The Kier molecular flexibility index (Phi) is 3.77. The molecule has 0 unspecified atom stereocenters. The summed E-state index contributed by atoms with van der Waals surface area (Å²) in [6.07, 6.45) is 2.02. The normalized spacial score (nSPS) is 13.7. The average molecular weight is 282 g/mol. The quantitative estimate of drug-likeness (QED) is 0.788. The minimum atomic E-state index is 0.121. The van der Waals surface area contributed by atoms with Gasteiger partial charge in [0.25, 0.3) is 0 Å². The van der Waals surface area contributed by atoms with Crippen LogP contribution in [0.25, 0.3) is 0 Å². The molecule has 3 rings (SSSR count). The number of benzene rings is 2. The van der Waals surface area contributed by atoms with E-state index in [0.29, 0.717) is 6.54 Å². The second kappa shape index (κ2) is 5.87. The van der Waals surface area contributed by atoms with Crippen LogP contribution >= 0.6 is 0 Å². The molecule has 0 saturated heterocycles. The molecule has 0 spiro atoms. The lowest BCUT2D eigenvalue weighted by Gasteiger charge is -2.09. The zero-order chi connectivity index (χ0) is 14.7. The zero-order valence-corrected chi connectivity index (χ0v) is 11.7. The van der Waals surface area contributed by atoms with Gasteiger partial charge in [0, 0.05) is 23.8 Å². The lowest BCUT2D eigenvalue weighted by Crippen LogP contribution is -2.13. The van der Waals surface area contributed by atoms with Crippen molar-refractivity contribution >= 4 is 17.3 Å². The van der Waals surface area contributed by atoms with Crippen molar-refractivity contribution in [3.05, 3.63) is 54.1 Å². The van der Waals surface area contributed by atoms with E-state index in [1.165, 1.54) is 0 Å². The largest absolute Gasteiger partial charge is 0.508 e. The average Bonchev–Trinajstić information content (AvgIpc) is 3.31. The van der Waals surface area contributed by atoms with Crippen LogP contribution < -0.4 is 10.6 Å². The molecule has 0 aliphatic heterocycles. The molecule has 1 amide bonds. The Labute approximate surface area is 123 Å². The fraction of sp³-hybridized carbons (Fsp3) is 0.235. The minimum absolute atomic E-state index is 0.121. The molecule has 2 aromatic rings. The highest BCUT2D eigenvalue weighted by molar-refractivity contribution is 5.94. The van der Waals surface area contributed by atoms with Crippen molar-refractivity contribution in [1.29, 1.82) is 0 Å². The second-order valence-electron chi connectivity index (χ2n) is 5.36. The molecule has 1 fully saturated rings. The van der Waals surface area contributed by atoms with Crippen LogP contribution in [-0.4, -0.2) is 11.0 Å². The van der Waals surface area contributed by atoms with E-state index in [0.717, 1.165) is 29.8 Å².